The van der Waals surface area contributed by atoms with Crippen molar-refractivity contribution in [1.29, 1.82) is 0 Å². The summed E-state index contributed by atoms with van der Waals surface area (Å²) in [4.78, 5) is 12.7. The average Bonchev–Trinajstić information content (AvgIpc) is 3.03. The van der Waals surface area contributed by atoms with Crippen LogP contribution >= 0.6 is 0 Å². The Kier molecular flexibility index (Phi) is 5.60. The molecule has 2 aromatic carbocycles. The number of benzene rings is 2. The van der Waals surface area contributed by atoms with Crippen molar-refractivity contribution >= 4 is 15.8 Å². The standard InChI is InChI=1S/C21H24O7S/c1-21(2,3)28-20(23)13-9-18(17-11-15(12-22)27-19(17)10-13)26-14-5-7-16(8-6-14)29(4,24)25/h5-10,15,22H,11-12H2,1-4H3. The minimum atomic E-state index is -3.31. The highest BCUT2D eigenvalue weighted by molar-refractivity contribution is 7.90. The van der Waals surface area contributed by atoms with Crippen molar-refractivity contribution in [2.45, 2.75) is 43.8 Å². The largest absolute Gasteiger partial charge is 0.487 e. The van der Waals surface area contributed by atoms with Gasteiger partial charge in [-0.2, -0.15) is 0 Å². The Balaban J connectivity index is 1.95. The molecule has 1 aliphatic rings. The molecule has 8 heteroatoms. The smallest absolute Gasteiger partial charge is 0.338 e. The summed E-state index contributed by atoms with van der Waals surface area (Å²) < 4.78 is 40.3. The Labute approximate surface area is 170 Å². The zero-order valence-corrected chi connectivity index (χ0v) is 17.6. The highest BCUT2D eigenvalue weighted by Crippen LogP contribution is 2.40. The first-order valence-electron chi connectivity index (χ1n) is 9.12. The molecule has 29 heavy (non-hydrogen) atoms. The number of aliphatic hydroxyl groups excluding tert-OH is 1. The van der Waals surface area contributed by atoms with Gasteiger partial charge in [-0.3, -0.25) is 0 Å². The molecule has 0 aliphatic carbocycles. The Morgan fingerprint density at radius 3 is 2.41 bits per heavy atom. The first-order valence-corrected chi connectivity index (χ1v) is 11.0. The van der Waals surface area contributed by atoms with E-state index in [4.69, 9.17) is 14.2 Å². The second-order valence-electron chi connectivity index (χ2n) is 7.93. The van der Waals surface area contributed by atoms with Crippen molar-refractivity contribution in [1.82, 2.24) is 0 Å². The topological polar surface area (TPSA) is 99.1 Å². The number of hydrogen-bond donors (Lipinski definition) is 1. The van der Waals surface area contributed by atoms with Gasteiger partial charge in [0.15, 0.2) is 9.84 Å². The van der Waals surface area contributed by atoms with Gasteiger partial charge in [0.1, 0.15) is 29.0 Å². The number of carbonyl (C=O) groups excluding carboxylic acids is 1. The van der Waals surface area contributed by atoms with Crippen molar-refractivity contribution in [3.8, 4) is 17.2 Å². The fourth-order valence-corrected chi connectivity index (χ4v) is 3.54. The van der Waals surface area contributed by atoms with E-state index in [9.17, 15) is 18.3 Å². The number of rotatable bonds is 5. The van der Waals surface area contributed by atoms with E-state index >= 15 is 0 Å². The van der Waals surface area contributed by atoms with Crippen molar-refractivity contribution in [2.24, 2.45) is 0 Å². The predicted octanol–water partition coefficient (Wildman–Crippen LogP) is 3.13. The molecule has 0 amide bonds. The van der Waals surface area contributed by atoms with Gasteiger partial charge >= 0.3 is 5.97 Å². The molecule has 0 saturated heterocycles. The number of sulfone groups is 1. The van der Waals surface area contributed by atoms with Crippen molar-refractivity contribution < 1.29 is 32.5 Å². The first-order chi connectivity index (χ1) is 13.5. The van der Waals surface area contributed by atoms with Gasteiger partial charge in [-0.1, -0.05) is 0 Å². The van der Waals surface area contributed by atoms with Crippen LogP contribution in [0, 0.1) is 0 Å². The molecule has 0 fully saturated rings. The van der Waals surface area contributed by atoms with Gasteiger partial charge in [0.25, 0.3) is 0 Å². The van der Waals surface area contributed by atoms with Gasteiger partial charge in [0.2, 0.25) is 0 Å². The van der Waals surface area contributed by atoms with Crippen molar-refractivity contribution in [3.05, 3.63) is 47.5 Å². The molecule has 1 atom stereocenters. The van der Waals surface area contributed by atoms with E-state index < -0.39 is 27.5 Å². The molecular formula is C21H24O7S. The molecule has 3 rings (SSSR count). The highest BCUT2D eigenvalue weighted by atomic mass is 32.2. The van der Waals surface area contributed by atoms with Gasteiger partial charge in [0.05, 0.1) is 17.1 Å². The van der Waals surface area contributed by atoms with E-state index in [1.54, 1.807) is 45.0 Å². The summed E-state index contributed by atoms with van der Waals surface area (Å²) in [6.07, 6.45) is 1.14. The lowest BCUT2D eigenvalue weighted by molar-refractivity contribution is 0.00686. The second-order valence-corrected chi connectivity index (χ2v) is 9.94. The number of carbonyl (C=O) groups is 1. The molecule has 0 radical (unpaired) electrons. The lowest BCUT2D eigenvalue weighted by Gasteiger charge is -2.20. The minimum Gasteiger partial charge on any atom is -0.487 e. The van der Waals surface area contributed by atoms with Crippen LogP contribution in [0.5, 0.6) is 17.2 Å². The zero-order valence-electron chi connectivity index (χ0n) is 16.8. The molecule has 1 heterocycles. The third-order valence-electron chi connectivity index (χ3n) is 4.21. The summed E-state index contributed by atoms with van der Waals surface area (Å²) in [5, 5.41) is 9.44. The van der Waals surface area contributed by atoms with Crippen molar-refractivity contribution in [2.75, 3.05) is 12.9 Å². The highest BCUT2D eigenvalue weighted by Gasteiger charge is 2.29. The van der Waals surface area contributed by atoms with Crippen LogP contribution in [0.1, 0.15) is 36.7 Å². The molecular weight excluding hydrogens is 396 g/mol. The summed E-state index contributed by atoms with van der Waals surface area (Å²) in [6.45, 7) is 5.16. The Morgan fingerprint density at radius 2 is 1.86 bits per heavy atom. The number of esters is 1. The molecule has 7 nitrogen and oxygen atoms in total. The second kappa shape index (κ2) is 7.68. The quantitative estimate of drug-likeness (QED) is 0.742. The molecule has 1 aliphatic heterocycles. The Morgan fingerprint density at radius 1 is 1.21 bits per heavy atom. The van der Waals surface area contributed by atoms with Crippen LogP contribution in [0.4, 0.5) is 0 Å². The minimum absolute atomic E-state index is 0.168. The van der Waals surface area contributed by atoms with Gasteiger partial charge < -0.3 is 19.3 Å². The van der Waals surface area contributed by atoms with Crippen LogP contribution < -0.4 is 9.47 Å². The zero-order chi connectivity index (χ0) is 21.4. The lowest BCUT2D eigenvalue weighted by Crippen LogP contribution is -2.24. The van der Waals surface area contributed by atoms with Crippen LogP contribution in [-0.2, 0) is 21.0 Å². The molecule has 1 N–H and O–H groups in total. The maximum atomic E-state index is 12.5. The Bertz CT molecular complexity index is 1020. The summed E-state index contributed by atoms with van der Waals surface area (Å²) in [5.41, 5.74) is 0.330. The van der Waals surface area contributed by atoms with E-state index in [1.807, 2.05) is 0 Å². The maximum absolute atomic E-state index is 12.5. The van der Waals surface area contributed by atoms with E-state index in [2.05, 4.69) is 0 Å². The molecule has 156 valence electrons. The average molecular weight is 420 g/mol. The van der Waals surface area contributed by atoms with Gasteiger partial charge in [-0.15, -0.1) is 0 Å². The SMILES string of the molecule is CC(C)(C)OC(=O)c1cc(Oc2ccc(S(C)(=O)=O)cc2)c2c(c1)OC(CO)C2. The molecule has 0 bridgehead atoms. The molecule has 1 unspecified atom stereocenters. The predicted molar refractivity (Wildman–Crippen MR) is 106 cm³/mol. The number of aliphatic hydroxyl groups is 1. The van der Waals surface area contributed by atoms with Gasteiger partial charge in [-0.05, 0) is 57.2 Å². The van der Waals surface area contributed by atoms with Crippen LogP contribution in [0.25, 0.3) is 0 Å². The molecule has 0 saturated carbocycles. The van der Waals surface area contributed by atoms with E-state index in [-0.39, 0.29) is 17.1 Å². The number of ether oxygens (including phenoxy) is 3. The van der Waals surface area contributed by atoms with Crippen molar-refractivity contribution in [3.63, 3.8) is 0 Å². The lowest BCUT2D eigenvalue weighted by atomic mass is 10.1. The normalized spacial score (nSPS) is 16.1. The summed E-state index contributed by atoms with van der Waals surface area (Å²) in [7, 11) is -3.31. The molecule has 0 aromatic heterocycles. The van der Waals surface area contributed by atoms with Crippen LogP contribution in [-0.4, -0.2) is 44.1 Å². The fourth-order valence-electron chi connectivity index (χ4n) is 2.90. The van der Waals surface area contributed by atoms with Gasteiger partial charge in [0, 0.05) is 18.2 Å². The molecule has 0 spiro atoms. The third-order valence-corrected chi connectivity index (χ3v) is 5.34. The van der Waals surface area contributed by atoms with Crippen LogP contribution in [0.3, 0.4) is 0 Å². The van der Waals surface area contributed by atoms with Crippen LogP contribution in [0.15, 0.2) is 41.3 Å². The summed E-state index contributed by atoms with van der Waals surface area (Å²) in [5.74, 6) is 0.739. The van der Waals surface area contributed by atoms with E-state index in [1.165, 1.54) is 12.1 Å². The summed E-state index contributed by atoms with van der Waals surface area (Å²) in [6, 6.07) is 9.15. The van der Waals surface area contributed by atoms with Crippen LogP contribution in [0.2, 0.25) is 0 Å². The third kappa shape index (κ3) is 5.07. The first kappa shape index (κ1) is 21.1. The number of fused-ring (bicyclic) bond motifs is 1. The fraction of sp³-hybridized carbons (Fsp3) is 0.381. The summed E-state index contributed by atoms with van der Waals surface area (Å²) >= 11 is 0. The molecule has 2 aromatic rings. The Hall–Kier alpha value is -2.58. The van der Waals surface area contributed by atoms with E-state index in [0.29, 0.717) is 23.7 Å². The monoisotopic (exact) mass is 420 g/mol. The van der Waals surface area contributed by atoms with Gasteiger partial charge in [-0.25, -0.2) is 13.2 Å². The van der Waals surface area contributed by atoms with E-state index in [0.717, 1.165) is 11.8 Å². The number of hydrogen-bond acceptors (Lipinski definition) is 7. The maximum Gasteiger partial charge on any atom is 0.338 e.